The topological polar surface area (TPSA) is 51.1 Å². The van der Waals surface area contributed by atoms with E-state index in [0.717, 1.165) is 36.2 Å². The molecule has 0 saturated carbocycles. The summed E-state index contributed by atoms with van der Waals surface area (Å²) in [6, 6.07) is 18.6. The first kappa shape index (κ1) is 22.9. The van der Waals surface area contributed by atoms with Crippen LogP contribution in [0.25, 0.3) is 11.5 Å². The molecule has 5 rings (SSSR count). The number of aromatic nitrogens is 3. The summed E-state index contributed by atoms with van der Waals surface area (Å²) in [5, 5.41) is 0. The van der Waals surface area contributed by atoms with Crippen molar-refractivity contribution in [2.24, 2.45) is 0 Å². The molecule has 0 saturated heterocycles. The Bertz CT molecular complexity index is 1290. The van der Waals surface area contributed by atoms with Crippen molar-refractivity contribution in [1.82, 2.24) is 15.0 Å². The number of rotatable bonds is 8. The molecule has 0 unspecified atom stereocenters. The van der Waals surface area contributed by atoms with Gasteiger partial charge in [-0.2, -0.15) is 4.39 Å². The predicted molar refractivity (Wildman–Crippen MR) is 131 cm³/mol. The first-order chi connectivity index (χ1) is 17.2. The maximum Gasteiger partial charge on any atom is 0.200 e. The second-order valence-electron chi connectivity index (χ2n) is 8.58. The van der Waals surface area contributed by atoms with Crippen molar-refractivity contribution in [2.75, 3.05) is 18.1 Å². The number of hydrogen-bond acceptors (Lipinski definition) is 5. The fourth-order valence-corrected chi connectivity index (χ4v) is 4.25. The second kappa shape index (κ2) is 10.6. The van der Waals surface area contributed by atoms with Crippen LogP contribution in [-0.4, -0.2) is 28.1 Å². The van der Waals surface area contributed by atoms with Crippen LogP contribution in [0.4, 0.5) is 14.5 Å². The standard InChI is InChI=1S/C28H26F2N4O/c29-23-16-22(17-26(27(23)30)35-15-7-5-10-20-8-2-1-3-9-20)34-14-12-24-21(19-34)18-32-28(33-24)25-11-4-6-13-31-25/h1-4,6,8-9,11,13,16-18H,5,7,10,12,14-15,19H2. The molecule has 0 N–H and O–H groups in total. The van der Waals surface area contributed by atoms with Gasteiger partial charge in [-0.3, -0.25) is 4.98 Å². The van der Waals surface area contributed by atoms with Crippen molar-refractivity contribution in [3.05, 3.63) is 102 Å². The second-order valence-corrected chi connectivity index (χ2v) is 8.58. The lowest BCUT2D eigenvalue weighted by atomic mass is 10.1. The van der Waals surface area contributed by atoms with Crippen molar-refractivity contribution in [3.8, 4) is 17.3 Å². The monoisotopic (exact) mass is 472 g/mol. The summed E-state index contributed by atoms with van der Waals surface area (Å²) < 4.78 is 34.5. The lowest BCUT2D eigenvalue weighted by Crippen LogP contribution is -2.31. The Hall–Kier alpha value is -3.87. The molecule has 0 bridgehead atoms. The first-order valence-electron chi connectivity index (χ1n) is 11.8. The van der Waals surface area contributed by atoms with E-state index >= 15 is 0 Å². The number of nitrogens with zero attached hydrogens (tertiary/aromatic N) is 4. The van der Waals surface area contributed by atoms with Crippen molar-refractivity contribution >= 4 is 5.69 Å². The molecule has 0 aliphatic carbocycles. The number of fused-ring (bicyclic) bond motifs is 1. The number of benzene rings is 2. The minimum Gasteiger partial charge on any atom is -0.490 e. The summed E-state index contributed by atoms with van der Waals surface area (Å²) >= 11 is 0. The lowest BCUT2D eigenvalue weighted by molar-refractivity contribution is 0.287. The molecule has 2 aromatic heterocycles. The Morgan fingerprint density at radius 3 is 2.63 bits per heavy atom. The van der Waals surface area contributed by atoms with Gasteiger partial charge in [-0.25, -0.2) is 14.4 Å². The zero-order valence-corrected chi connectivity index (χ0v) is 19.3. The normalized spacial score (nSPS) is 12.9. The fourth-order valence-electron chi connectivity index (χ4n) is 4.25. The number of hydrogen-bond donors (Lipinski definition) is 0. The quantitative estimate of drug-likeness (QED) is 0.304. The lowest BCUT2D eigenvalue weighted by Gasteiger charge is -2.30. The Labute approximate surface area is 203 Å². The summed E-state index contributed by atoms with van der Waals surface area (Å²) in [4.78, 5) is 15.5. The highest BCUT2D eigenvalue weighted by atomic mass is 19.2. The predicted octanol–water partition coefficient (Wildman–Crippen LogP) is 5.78. The van der Waals surface area contributed by atoms with Gasteiger partial charge < -0.3 is 9.64 Å². The average Bonchev–Trinajstić information content (AvgIpc) is 2.91. The van der Waals surface area contributed by atoms with Gasteiger partial charge in [0.25, 0.3) is 0 Å². The molecule has 2 aromatic carbocycles. The largest absolute Gasteiger partial charge is 0.490 e. The van der Waals surface area contributed by atoms with Crippen LogP contribution in [0.15, 0.2) is 73.1 Å². The summed E-state index contributed by atoms with van der Waals surface area (Å²) in [6.45, 7) is 1.48. The smallest absolute Gasteiger partial charge is 0.200 e. The highest BCUT2D eigenvalue weighted by Gasteiger charge is 2.22. The number of unbranched alkanes of at least 4 members (excludes halogenated alkanes) is 1. The van der Waals surface area contributed by atoms with E-state index in [1.54, 1.807) is 18.5 Å². The molecule has 0 spiro atoms. The molecule has 178 valence electrons. The molecule has 1 aliphatic heterocycles. The zero-order chi connectivity index (χ0) is 24.0. The van der Waals surface area contributed by atoms with Crippen LogP contribution in [0.2, 0.25) is 0 Å². The van der Waals surface area contributed by atoms with E-state index in [4.69, 9.17) is 4.74 Å². The molecule has 3 heterocycles. The number of aryl methyl sites for hydroxylation is 1. The van der Waals surface area contributed by atoms with Gasteiger partial charge in [0.2, 0.25) is 5.82 Å². The van der Waals surface area contributed by atoms with Gasteiger partial charge in [-0.05, 0) is 37.0 Å². The number of pyridine rings is 1. The van der Waals surface area contributed by atoms with Gasteiger partial charge in [0.05, 0.1) is 12.3 Å². The van der Waals surface area contributed by atoms with Crippen molar-refractivity contribution < 1.29 is 13.5 Å². The van der Waals surface area contributed by atoms with Gasteiger partial charge in [0, 0.05) is 55.3 Å². The number of halogens is 2. The van der Waals surface area contributed by atoms with E-state index in [9.17, 15) is 8.78 Å². The van der Waals surface area contributed by atoms with Crippen LogP contribution in [0, 0.1) is 11.6 Å². The molecular formula is C28H26F2N4O. The Morgan fingerprint density at radius 2 is 1.80 bits per heavy atom. The third kappa shape index (κ3) is 5.45. The van der Waals surface area contributed by atoms with E-state index in [0.29, 0.717) is 37.6 Å². The van der Waals surface area contributed by atoms with Crippen LogP contribution >= 0.6 is 0 Å². The van der Waals surface area contributed by atoms with Crippen molar-refractivity contribution in [3.63, 3.8) is 0 Å². The highest BCUT2D eigenvalue weighted by Crippen LogP contribution is 2.31. The van der Waals surface area contributed by atoms with E-state index in [1.807, 2.05) is 41.3 Å². The molecule has 1 aliphatic rings. The van der Waals surface area contributed by atoms with Crippen molar-refractivity contribution in [2.45, 2.75) is 32.2 Å². The molecule has 35 heavy (non-hydrogen) atoms. The van der Waals surface area contributed by atoms with Crippen LogP contribution in [0.1, 0.15) is 29.7 Å². The highest BCUT2D eigenvalue weighted by molar-refractivity contribution is 5.54. The Kier molecular flexibility index (Phi) is 6.93. The minimum absolute atomic E-state index is 0.0488. The van der Waals surface area contributed by atoms with Crippen LogP contribution in [-0.2, 0) is 19.4 Å². The molecule has 0 atom stereocenters. The third-order valence-corrected chi connectivity index (χ3v) is 6.13. The zero-order valence-electron chi connectivity index (χ0n) is 19.3. The molecule has 5 nitrogen and oxygen atoms in total. The maximum absolute atomic E-state index is 14.4. The number of ether oxygens (including phenoxy) is 1. The molecule has 0 radical (unpaired) electrons. The summed E-state index contributed by atoms with van der Waals surface area (Å²) in [7, 11) is 0. The van der Waals surface area contributed by atoms with Gasteiger partial charge in [0.1, 0.15) is 5.69 Å². The first-order valence-corrected chi connectivity index (χ1v) is 11.8. The van der Waals surface area contributed by atoms with E-state index in [-0.39, 0.29) is 5.75 Å². The molecule has 0 amide bonds. The SMILES string of the molecule is Fc1cc(N2CCc3nc(-c4ccccn4)ncc3C2)cc(OCCCCc2ccccc2)c1F. The third-order valence-electron chi connectivity index (χ3n) is 6.13. The fraction of sp³-hybridized carbons (Fsp3) is 0.250. The van der Waals surface area contributed by atoms with Crippen LogP contribution < -0.4 is 9.64 Å². The summed E-state index contributed by atoms with van der Waals surface area (Å²) in [5.41, 5.74) is 4.48. The van der Waals surface area contributed by atoms with Crippen LogP contribution in [0.3, 0.4) is 0 Å². The van der Waals surface area contributed by atoms with Gasteiger partial charge >= 0.3 is 0 Å². The van der Waals surface area contributed by atoms with Crippen molar-refractivity contribution in [1.29, 1.82) is 0 Å². The van der Waals surface area contributed by atoms with Crippen LogP contribution in [0.5, 0.6) is 5.75 Å². The van der Waals surface area contributed by atoms with E-state index in [2.05, 4.69) is 27.1 Å². The van der Waals surface area contributed by atoms with Gasteiger partial charge in [-0.15, -0.1) is 0 Å². The van der Waals surface area contributed by atoms with E-state index in [1.165, 1.54) is 11.6 Å². The number of anilines is 1. The maximum atomic E-state index is 14.4. The molecule has 7 heteroatoms. The van der Waals surface area contributed by atoms with Gasteiger partial charge in [-0.1, -0.05) is 36.4 Å². The summed E-state index contributed by atoms with van der Waals surface area (Å²) in [5.74, 6) is -1.31. The Balaban J connectivity index is 1.23. The van der Waals surface area contributed by atoms with E-state index < -0.39 is 11.6 Å². The Morgan fingerprint density at radius 1 is 0.943 bits per heavy atom. The summed E-state index contributed by atoms with van der Waals surface area (Å²) in [6.07, 6.45) is 6.78. The molecule has 4 aromatic rings. The molecule has 0 fully saturated rings. The van der Waals surface area contributed by atoms with Gasteiger partial charge in [0.15, 0.2) is 17.4 Å². The minimum atomic E-state index is -0.947. The molecular weight excluding hydrogens is 446 g/mol. The average molecular weight is 473 g/mol.